The van der Waals surface area contributed by atoms with Gasteiger partial charge in [-0.15, -0.1) is 0 Å². The van der Waals surface area contributed by atoms with Crippen LogP contribution in [0.15, 0.2) is 24.3 Å². The van der Waals surface area contributed by atoms with Crippen molar-refractivity contribution in [3.8, 4) is 0 Å². The van der Waals surface area contributed by atoms with Gasteiger partial charge < -0.3 is 21.1 Å². The summed E-state index contributed by atoms with van der Waals surface area (Å²) in [5.41, 5.74) is 5.94. The number of benzene rings is 1. The molecule has 2 rings (SSSR count). The molecule has 7 heteroatoms. The lowest BCUT2D eigenvalue weighted by Crippen LogP contribution is -2.33. The van der Waals surface area contributed by atoms with Crippen LogP contribution in [0.3, 0.4) is 0 Å². The van der Waals surface area contributed by atoms with E-state index in [1.54, 1.807) is 24.3 Å². The lowest BCUT2D eigenvalue weighted by Gasteiger charge is -2.28. The molecule has 3 amide bonds. The Bertz CT molecular complexity index is 615. The van der Waals surface area contributed by atoms with E-state index in [0.29, 0.717) is 17.2 Å². The summed E-state index contributed by atoms with van der Waals surface area (Å²) >= 11 is 0. The van der Waals surface area contributed by atoms with E-state index < -0.39 is 11.8 Å². The molecule has 0 bridgehead atoms. The van der Waals surface area contributed by atoms with Crippen LogP contribution in [-0.2, 0) is 14.3 Å². The second kappa shape index (κ2) is 9.17. The molecule has 0 radical (unpaired) electrons. The fourth-order valence-corrected chi connectivity index (χ4v) is 2.88. The summed E-state index contributed by atoms with van der Waals surface area (Å²) in [6.07, 6.45) is 4.67. The summed E-state index contributed by atoms with van der Waals surface area (Å²) in [7, 11) is 0. The number of amides is 3. The number of anilines is 1. The van der Waals surface area contributed by atoms with Crippen molar-refractivity contribution >= 4 is 23.4 Å². The molecule has 1 aliphatic rings. The molecular formula is C18H25N3O4. The summed E-state index contributed by atoms with van der Waals surface area (Å²) in [5.74, 6) is -0.737. The van der Waals surface area contributed by atoms with E-state index in [1.165, 1.54) is 6.42 Å². The summed E-state index contributed by atoms with van der Waals surface area (Å²) < 4.78 is 5.73. The maximum absolute atomic E-state index is 12.0. The lowest BCUT2D eigenvalue weighted by atomic mass is 9.88. The molecule has 7 nitrogen and oxygen atoms in total. The molecule has 0 aromatic heterocycles. The van der Waals surface area contributed by atoms with Gasteiger partial charge in [-0.05, 0) is 43.0 Å². The summed E-state index contributed by atoms with van der Waals surface area (Å²) in [6.45, 7) is 1.97. The molecule has 2 atom stereocenters. The van der Waals surface area contributed by atoms with Gasteiger partial charge in [-0.2, -0.15) is 0 Å². The van der Waals surface area contributed by atoms with Crippen molar-refractivity contribution in [3.63, 3.8) is 0 Å². The Morgan fingerprint density at radius 3 is 2.48 bits per heavy atom. The molecule has 1 aliphatic carbocycles. The van der Waals surface area contributed by atoms with Crippen LogP contribution in [0.1, 0.15) is 43.0 Å². The maximum Gasteiger partial charge on any atom is 0.251 e. The van der Waals surface area contributed by atoms with Crippen molar-refractivity contribution in [2.24, 2.45) is 11.7 Å². The van der Waals surface area contributed by atoms with E-state index in [4.69, 9.17) is 10.5 Å². The number of nitrogens with one attached hydrogen (secondary N) is 2. The lowest BCUT2D eigenvalue weighted by molar-refractivity contribution is -0.124. The van der Waals surface area contributed by atoms with Crippen LogP contribution in [0.25, 0.3) is 0 Å². The topological polar surface area (TPSA) is 111 Å². The van der Waals surface area contributed by atoms with Gasteiger partial charge in [-0.1, -0.05) is 19.8 Å². The van der Waals surface area contributed by atoms with Gasteiger partial charge >= 0.3 is 0 Å². The Hall–Kier alpha value is -2.41. The molecule has 1 fully saturated rings. The number of nitrogens with two attached hydrogens (primary N) is 1. The van der Waals surface area contributed by atoms with Crippen LogP contribution in [0, 0.1) is 5.92 Å². The average Bonchev–Trinajstić information content (AvgIpc) is 2.59. The van der Waals surface area contributed by atoms with Crippen molar-refractivity contribution in [2.75, 3.05) is 18.5 Å². The fourth-order valence-electron chi connectivity index (χ4n) is 2.88. The number of carbonyl (C=O) groups is 3. The van der Waals surface area contributed by atoms with Crippen LogP contribution in [0.2, 0.25) is 0 Å². The normalized spacial score (nSPS) is 19.9. The highest BCUT2D eigenvalue weighted by Crippen LogP contribution is 2.26. The number of carbonyl (C=O) groups excluding carboxylic acids is 3. The van der Waals surface area contributed by atoms with E-state index in [1.807, 2.05) is 0 Å². The van der Waals surface area contributed by atoms with E-state index in [-0.39, 0.29) is 25.2 Å². The zero-order chi connectivity index (χ0) is 18.2. The number of rotatable bonds is 7. The molecule has 1 aromatic rings. The van der Waals surface area contributed by atoms with Gasteiger partial charge in [0, 0.05) is 11.3 Å². The Kier molecular flexibility index (Phi) is 6.94. The van der Waals surface area contributed by atoms with Gasteiger partial charge in [0.25, 0.3) is 5.91 Å². The Morgan fingerprint density at radius 2 is 1.84 bits per heavy atom. The van der Waals surface area contributed by atoms with Crippen molar-refractivity contribution in [3.05, 3.63) is 29.8 Å². The Morgan fingerprint density at radius 1 is 1.16 bits per heavy atom. The third-order valence-corrected chi connectivity index (χ3v) is 4.32. The first-order valence-electron chi connectivity index (χ1n) is 8.53. The van der Waals surface area contributed by atoms with Crippen LogP contribution < -0.4 is 16.4 Å². The minimum atomic E-state index is -0.607. The third-order valence-electron chi connectivity index (χ3n) is 4.32. The van der Waals surface area contributed by atoms with Crippen molar-refractivity contribution < 1.29 is 19.1 Å². The summed E-state index contributed by atoms with van der Waals surface area (Å²) in [5, 5.41) is 5.14. The molecular weight excluding hydrogens is 322 g/mol. The first-order valence-corrected chi connectivity index (χ1v) is 8.53. The predicted molar refractivity (Wildman–Crippen MR) is 94.0 cm³/mol. The number of primary amides is 1. The van der Waals surface area contributed by atoms with Gasteiger partial charge in [-0.25, -0.2) is 0 Å². The third kappa shape index (κ3) is 6.19. The molecule has 0 spiro atoms. The molecule has 0 aliphatic heterocycles. The minimum Gasteiger partial charge on any atom is -0.368 e. The maximum atomic E-state index is 12.0. The van der Waals surface area contributed by atoms with E-state index in [9.17, 15) is 14.4 Å². The Labute approximate surface area is 147 Å². The monoisotopic (exact) mass is 347 g/mol. The molecule has 0 unspecified atom stereocenters. The summed E-state index contributed by atoms with van der Waals surface area (Å²) in [6, 6.07) is 6.38. The molecule has 25 heavy (non-hydrogen) atoms. The van der Waals surface area contributed by atoms with Gasteiger partial charge in [0.2, 0.25) is 11.8 Å². The van der Waals surface area contributed by atoms with Gasteiger partial charge in [-0.3, -0.25) is 14.4 Å². The van der Waals surface area contributed by atoms with Crippen LogP contribution in [0.4, 0.5) is 5.69 Å². The summed E-state index contributed by atoms with van der Waals surface area (Å²) in [4.78, 5) is 34.4. The first kappa shape index (κ1) is 18.9. The van der Waals surface area contributed by atoms with Crippen LogP contribution >= 0.6 is 0 Å². The highest BCUT2D eigenvalue weighted by Gasteiger charge is 2.22. The van der Waals surface area contributed by atoms with Crippen LogP contribution in [0.5, 0.6) is 0 Å². The number of hydrogen-bond donors (Lipinski definition) is 3. The smallest absolute Gasteiger partial charge is 0.251 e. The second-order valence-corrected chi connectivity index (χ2v) is 6.39. The van der Waals surface area contributed by atoms with E-state index in [0.717, 1.165) is 19.3 Å². The van der Waals surface area contributed by atoms with Crippen LogP contribution in [-0.4, -0.2) is 37.0 Å². The van der Waals surface area contributed by atoms with E-state index >= 15 is 0 Å². The number of ether oxygens (including phenoxy) is 1. The standard InChI is InChI=1S/C18H25N3O4/c1-12-4-2-3-5-15(12)25-11-17(23)21-14-8-6-13(7-9-14)18(24)20-10-16(19)22/h6-9,12,15H,2-5,10-11H2,1H3,(H2,19,22)(H,20,24)(H,21,23)/t12-,15+/m0/s1. The molecule has 0 heterocycles. The van der Waals surface area contributed by atoms with Crippen molar-refractivity contribution in [2.45, 2.75) is 38.7 Å². The SMILES string of the molecule is C[C@H]1CCCC[C@H]1OCC(=O)Nc1ccc(C(=O)NCC(N)=O)cc1. The highest BCUT2D eigenvalue weighted by atomic mass is 16.5. The molecule has 4 N–H and O–H groups in total. The van der Waals surface area contributed by atoms with Crippen molar-refractivity contribution in [1.29, 1.82) is 0 Å². The zero-order valence-corrected chi connectivity index (χ0v) is 14.4. The molecule has 1 aromatic carbocycles. The van der Waals surface area contributed by atoms with Gasteiger partial charge in [0.1, 0.15) is 6.61 Å². The van der Waals surface area contributed by atoms with E-state index in [2.05, 4.69) is 17.6 Å². The quantitative estimate of drug-likeness (QED) is 0.693. The molecule has 1 saturated carbocycles. The predicted octanol–water partition coefficient (Wildman–Crippen LogP) is 1.44. The van der Waals surface area contributed by atoms with Gasteiger partial charge in [0.15, 0.2) is 0 Å². The first-order chi connectivity index (χ1) is 12.0. The average molecular weight is 347 g/mol. The largest absolute Gasteiger partial charge is 0.368 e. The second-order valence-electron chi connectivity index (χ2n) is 6.39. The van der Waals surface area contributed by atoms with Crippen molar-refractivity contribution in [1.82, 2.24) is 5.32 Å². The Balaban J connectivity index is 1.78. The minimum absolute atomic E-state index is 0.0237. The highest BCUT2D eigenvalue weighted by molar-refractivity contribution is 5.97. The molecule has 136 valence electrons. The number of hydrogen-bond acceptors (Lipinski definition) is 4. The van der Waals surface area contributed by atoms with Gasteiger partial charge in [0.05, 0.1) is 12.6 Å². The fraction of sp³-hybridized carbons (Fsp3) is 0.500. The molecule has 0 saturated heterocycles. The zero-order valence-electron chi connectivity index (χ0n) is 14.4.